The molecule has 1 heterocycles. The Balaban J connectivity index is 2.13. The fourth-order valence-corrected chi connectivity index (χ4v) is 1.63. The Kier molecular flexibility index (Phi) is 1.46. The molecular formula is C8H10O3. The number of rotatable bonds is 0. The molecule has 2 rings (SSSR count). The number of carbonyl (C=O) groups excluding carboxylic acids is 1. The number of esters is 1. The summed E-state index contributed by atoms with van der Waals surface area (Å²) in [5.74, 6) is 0.0738. The molecule has 3 heteroatoms. The zero-order valence-corrected chi connectivity index (χ0v) is 6.06. The van der Waals surface area contributed by atoms with Crippen molar-refractivity contribution in [1.82, 2.24) is 0 Å². The van der Waals surface area contributed by atoms with Crippen LogP contribution in [0.4, 0.5) is 0 Å². The van der Waals surface area contributed by atoms with E-state index in [0.29, 0.717) is 12.8 Å². The fraction of sp³-hybridized carbons (Fsp3) is 0.625. The van der Waals surface area contributed by atoms with Gasteiger partial charge in [0.25, 0.3) is 0 Å². The maximum atomic E-state index is 10.8. The highest BCUT2D eigenvalue weighted by Gasteiger charge is 2.36. The van der Waals surface area contributed by atoms with E-state index in [4.69, 9.17) is 9.84 Å². The average Bonchev–Trinajstić information content (AvgIpc) is 2.27. The Labute approximate surface area is 64.7 Å². The first-order valence-corrected chi connectivity index (χ1v) is 3.81. The molecule has 0 aromatic heterocycles. The molecule has 0 aromatic carbocycles. The summed E-state index contributed by atoms with van der Waals surface area (Å²) in [4.78, 5) is 10.8. The molecule has 2 aliphatic rings. The van der Waals surface area contributed by atoms with Crippen LogP contribution in [-0.2, 0) is 9.53 Å². The van der Waals surface area contributed by atoms with Crippen molar-refractivity contribution in [2.45, 2.75) is 25.0 Å². The van der Waals surface area contributed by atoms with Crippen LogP contribution in [0.3, 0.4) is 0 Å². The van der Waals surface area contributed by atoms with E-state index in [1.165, 1.54) is 0 Å². The molecule has 3 atom stereocenters. The van der Waals surface area contributed by atoms with Crippen LogP contribution in [0, 0.1) is 5.92 Å². The van der Waals surface area contributed by atoms with Gasteiger partial charge in [-0.1, -0.05) is 12.2 Å². The Bertz CT molecular complexity index is 209. The lowest BCUT2D eigenvalue weighted by Crippen LogP contribution is -2.25. The lowest BCUT2D eigenvalue weighted by atomic mass is 9.91. The molecule has 0 unspecified atom stereocenters. The maximum absolute atomic E-state index is 10.8. The summed E-state index contributed by atoms with van der Waals surface area (Å²) in [5, 5.41) is 9.16. The van der Waals surface area contributed by atoms with Crippen LogP contribution >= 0.6 is 0 Å². The molecular weight excluding hydrogens is 144 g/mol. The molecule has 1 aliphatic heterocycles. The largest absolute Gasteiger partial charge is 0.462 e. The lowest BCUT2D eigenvalue weighted by molar-refractivity contribution is -0.142. The zero-order valence-electron chi connectivity index (χ0n) is 6.06. The third kappa shape index (κ3) is 1.16. The summed E-state index contributed by atoms with van der Waals surface area (Å²) in [6, 6.07) is 0. The van der Waals surface area contributed by atoms with Gasteiger partial charge in [0, 0.05) is 12.3 Å². The summed E-state index contributed by atoms with van der Waals surface area (Å²) in [6.45, 7) is 0. The second kappa shape index (κ2) is 2.34. The van der Waals surface area contributed by atoms with E-state index < -0.39 is 6.10 Å². The standard InChI is InChI=1S/C8H10O3/c9-6-2-1-5-3-8(10)11-7(5)4-6/h1-2,5-7,9H,3-4H2/t5-,6+,7+/m0/s1. The van der Waals surface area contributed by atoms with Crippen molar-refractivity contribution in [2.75, 3.05) is 0 Å². The van der Waals surface area contributed by atoms with Gasteiger partial charge in [0.15, 0.2) is 0 Å². The number of fused-ring (bicyclic) bond motifs is 1. The first-order valence-electron chi connectivity index (χ1n) is 3.81. The minimum atomic E-state index is -0.429. The van der Waals surface area contributed by atoms with Crippen molar-refractivity contribution < 1.29 is 14.6 Å². The second-order valence-corrected chi connectivity index (χ2v) is 3.08. The molecule has 60 valence electrons. The first kappa shape index (κ1) is 6.85. The smallest absolute Gasteiger partial charge is 0.306 e. The number of ether oxygens (including phenoxy) is 1. The minimum Gasteiger partial charge on any atom is -0.462 e. The van der Waals surface area contributed by atoms with E-state index >= 15 is 0 Å². The van der Waals surface area contributed by atoms with E-state index in [-0.39, 0.29) is 18.0 Å². The van der Waals surface area contributed by atoms with E-state index in [9.17, 15) is 4.79 Å². The van der Waals surface area contributed by atoms with Gasteiger partial charge < -0.3 is 9.84 Å². The quantitative estimate of drug-likeness (QED) is 0.401. The number of hydrogen-bond donors (Lipinski definition) is 1. The monoisotopic (exact) mass is 154 g/mol. The second-order valence-electron chi connectivity index (χ2n) is 3.08. The van der Waals surface area contributed by atoms with E-state index in [0.717, 1.165) is 0 Å². The maximum Gasteiger partial charge on any atom is 0.306 e. The summed E-state index contributed by atoms with van der Waals surface area (Å²) in [5.41, 5.74) is 0. The van der Waals surface area contributed by atoms with Gasteiger partial charge >= 0.3 is 5.97 Å². The SMILES string of the molecule is O=C1C[C@@H]2C=C[C@@H](O)C[C@H]2O1. The van der Waals surface area contributed by atoms with Crippen LogP contribution in [0.15, 0.2) is 12.2 Å². The number of hydrogen-bond acceptors (Lipinski definition) is 3. The fourth-order valence-electron chi connectivity index (χ4n) is 1.63. The third-order valence-electron chi connectivity index (χ3n) is 2.22. The molecule has 0 aromatic rings. The number of carbonyl (C=O) groups is 1. The van der Waals surface area contributed by atoms with Crippen LogP contribution in [0.25, 0.3) is 0 Å². The van der Waals surface area contributed by atoms with Gasteiger partial charge in [-0.2, -0.15) is 0 Å². The van der Waals surface area contributed by atoms with Crippen molar-refractivity contribution in [3.05, 3.63) is 12.2 Å². The van der Waals surface area contributed by atoms with E-state index in [1.807, 2.05) is 6.08 Å². The molecule has 11 heavy (non-hydrogen) atoms. The van der Waals surface area contributed by atoms with Crippen molar-refractivity contribution >= 4 is 5.97 Å². The molecule has 3 nitrogen and oxygen atoms in total. The van der Waals surface area contributed by atoms with Gasteiger partial charge in [-0.25, -0.2) is 0 Å². The summed E-state index contributed by atoms with van der Waals surface area (Å²) in [7, 11) is 0. The van der Waals surface area contributed by atoms with Crippen molar-refractivity contribution in [3.63, 3.8) is 0 Å². The van der Waals surface area contributed by atoms with Crippen LogP contribution in [0.1, 0.15) is 12.8 Å². The molecule has 0 radical (unpaired) electrons. The molecule has 0 bridgehead atoms. The van der Waals surface area contributed by atoms with Gasteiger partial charge in [0.05, 0.1) is 12.5 Å². The zero-order chi connectivity index (χ0) is 7.84. The topological polar surface area (TPSA) is 46.5 Å². The predicted molar refractivity (Wildman–Crippen MR) is 37.8 cm³/mol. The molecule has 0 spiro atoms. The van der Waals surface area contributed by atoms with Crippen LogP contribution in [-0.4, -0.2) is 23.3 Å². The lowest BCUT2D eigenvalue weighted by Gasteiger charge is -2.20. The summed E-state index contributed by atoms with van der Waals surface area (Å²) >= 11 is 0. The Morgan fingerprint density at radius 2 is 2.36 bits per heavy atom. The number of aliphatic hydroxyl groups excluding tert-OH is 1. The predicted octanol–water partition coefficient (Wildman–Crippen LogP) is 0.239. The van der Waals surface area contributed by atoms with Crippen molar-refractivity contribution in [1.29, 1.82) is 0 Å². The molecule has 1 saturated heterocycles. The highest BCUT2D eigenvalue weighted by Crippen LogP contribution is 2.30. The highest BCUT2D eigenvalue weighted by atomic mass is 16.6. The summed E-state index contributed by atoms with van der Waals surface area (Å²) < 4.78 is 4.99. The van der Waals surface area contributed by atoms with Gasteiger partial charge in [0.2, 0.25) is 0 Å². The summed E-state index contributed by atoms with van der Waals surface area (Å²) in [6.07, 6.45) is 4.16. The minimum absolute atomic E-state index is 0.0671. The van der Waals surface area contributed by atoms with E-state index in [1.54, 1.807) is 6.08 Å². The first-order chi connectivity index (χ1) is 5.25. The normalized spacial score (nSPS) is 41.9. The van der Waals surface area contributed by atoms with Gasteiger partial charge in [0.1, 0.15) is 6.10 Å². The van der Waals surface area contributed by atoms with Gasteiger partial charge in [-0.15, -0.1) is 0 Å². The molecule has 1 N–H and O–H groups in total. The number of aliphatic hydroxyl groups is 1. The van der Waals surface area contributed by atoms with Crippen molar-refractivity contribution in [2.24, 2.45) is 5.92 Å². The molecule has 0 saturated carbocycles. The average molecular weight is 154 g/mol. The molecule has 1 aliphatic carbocycles. The van der Waals surface area contributed by atoms with E-state index in [2.05, 4.69) is 0 Å². The van der Waals surface area contributed by atoms with Gasteiger partial charge in [-0.05, 0) is 0 Å². The Hall–Kier alpha value is -0.830. The molecule has 1 fully saturated rings. The van der Waals surface area contributed by atoms with Crippen LogP contribution in [0.2, 0.25) is 0 Å². The van der Waals surface area contributed by atoms with Crippen molar-refractivity contribution in [3.8, 4) is 0 Å². The van der Waals surface area contributed by atoms with Gasteiger partial charge in [-0.3, -0.25) is 4.79 Å². The third-order valence-corrected chi connectivity index (χ3v) is 2.22. The molecule has 0 amide bonds. The highest BCUT2D eigenvalue weighted by molar-refractivity contribution is 5.72. The van der Waals surface area contributed by atoms with Crippen LogP contribution < -0.4 is 0 Å². The Morgan fingerprint density at radius 1 is 1.55 bits per heavy atom. The Morgan fingerprint density at radius 3 is 3.18 bits per heavy atom. The van der Waals surface area contributed by atoms with Crippen LogP contribution in [0.5, 0.6) is 0 Å².